The third-order valence-electron chi connectivity index (χ3n) is 4.68. The summed E-state index contributed by atoms with van der Waals surface area (Å²) in [5, 5.41) is 0.449. The monoisotopic (exact) mass is 435 g/mol. The molecule has 0 aliphatic rings. The number of rotatable bonds is 6. The van der Waals surface area contributed by atoms with E-state index in [0.717, 1.165) is 23.9 Å². The highest BCUT2D eigenvalue weighted by molar-refractivity contribution is 7.99. The zero-order valence-electron chi connectivity index (χ0n) is 16.7. The Morgan fingerprint density at radius 1 is 1.17 bits per heavy atom. The van der Waals surface area contributed by atoms with Crippen molar-refractivity contribution in [2.75, 3.05) is 5.75 Å². The van der Waals surface area contributed by atoms with E-state index >= 15 is 0 Å². The molecule has 2 heterocycles. The Bertz CT molecular complexity index is 1150. The molecule has 0 N–H and O–H groups in total. The van der Waals surface area contributed by atoms with Crippen molar-refractivity contribution in [3.8, 4) is 5.69 Å². The topological polar surface area (TPSA) is 56.9 Å². The normalized spacial score (nSPS) is 11.7. The number of nitrogens with zero attached hydrogens (tertiary/aromatic N) is 3. The number of alkyl halides is 3. The van der Waals surface area contributed by atoms with Crippen molar-refractivity contribution < 1.29 is 18.0 Å². The summed E-state index contributed by atoms with van der Waals surface area (Å²) in [7, 11) is 0. The highest BCUT2D eigenvalue weighted by atomic mass is 32.2. The van der Waals surface area contributed by atoms with Crippen LogP contribution in [0.3, 0.4) is 0 Å². The first kappa shape index (κ1) is 21.9. The third kappa shape index (κ3) is 4.51. The maximum atomic E-state index is 13.1. The number of aryl methyl sites for hydroxylation is 2. The summed E-state index contributed by atoms with van der Waals surface area (Å²) in [5.41, 5.74) is 0.866. The van der Waals surface area contributed by atoms with E-state index in [1.54, 1.807) is 41.3 Å². The van der Waals surface area contributed by atoms with Crippen molar-refractivity contribution in [1.82, 2.24) is 14.1 Å². The lowest BCUT2D eigenvalue weighted by Crippen LogP contribution is -2.14. The molecule has 9 heteroatoms. The molecule has 3 aromatic rings. The number of carbonyl (C=O) groups is 1. The molecule has 0 fully saturated rings. The number of thioether (sulfide) groups is 1. The second-order valence-electron chi connectivity index (χ2n) is 6.71. The second kappa shape index (κ2) is 8.51. The molecule has 0 saturated heterocycles. The van der Waals surface area contributed by atoms with Gasteiger partial charge in [0.05, 0.1) is 11.3 Å². The average molecular weight is 435 g/mol. The van der Waals surface area contributed by atoms with Gasteiger partial charge in [-0.3, -0.25) is 9.59 Å². The molecule has 158 valence electrons. The van der Waals surface area contributed by atoms with Crippen molar-refractivity contribution >= 4 is 17.5 Å². The zero-order chi connectivity index (χ0) is 22.1. The first-order valence-corrected chi connectivity index (χ1v) is 10.2. The molecule has 0 aliphatic carbocycles. The van der Waals surface area contributed by atoms with E-state index in [0.29, 0.717) is 34.3 Å². The van der Waals surface area contributed by atoms with E-state index in [2.05, 4.69) is 4.98 Å². The van der Waals surface area contributed by atoms with Crippen LogP contribution < -0.4 is 5.56 Å². The van der Waals surface area contributed by atoms with Gasteiger partial charge in [0.25, 0.3) is 5.56 Å². The summed E-state index contributed by atoms with van der Waals surface area (Å²) in [6.07, 6.45) is -2.82. The minimum atomic E-state index is -4.45. The van der Waals surface area contributed by atoms with E-state index in [9.17, 15) is 22.8 Å². The van der Waals surface area contributed by atoms with Crippen LogP contribution in [0.4, 0.5) is 13.2 Å². The number of ketones is 1. The van der Waals surface area contributed by atoms with Gasteiger partial charge >= 0.3 is 6.18 Å². The van der Waals surface area contributed by atoms with E-state index in [4.69, 9.17) is 0 Å². The van der Waals surface area contributed by atoms with Gasteiger partial charge in [-0.25, -0.2) is 0 Å². The predicted octanol–water partition coefficient (Wildman–Crippen LogP) is 4.66. The summed E-state index contributed by atoms with van der Waals surface area (Å²) < 4.78 is 42.6. The number of hydrogen-bond acceptors (Lipinski definition) is 4. The lowest BCUT2D eigenvalue weighted by atomic mass is 10.1. The van der Waals surface area contributed by atoms with Crippen molar-refractivity contribution in [2.45, 2.75) is 38.6 Å². The summed E-state index contributed by atoms with van der Waals surface area (Å²) in [4.78, 5) is 28.3. The Balaban J connectivity index is 1.88. The molecule has 0 amide bonds. The molecule has 0 bridgehead atoms. The molecule has 0 atom stereocenters. The number of benzene rings is 1. The van der Waals surface area contributed by atoms with Crippen LogP contribution in [-0.2, 0) is 12.7 Å². The van der Waals surface area contributed by atoms with Crippen LogP contribution in [0.2, 0.25) is 0 Å². The standard InChI is InChI=1S/C21H20F3N3O2S/c1-4-26-9-8-19(29)25-20(26)30-12-18(28)17-10-13(2)27(14(17)3)16-7-5-6-15(11-16)21(22,23)24/h5-11H,4,12H2,1-3H3. The first-order chi connectivity index (χ1) is 14.1. The summed E-state index contributed by atoms with van der Waals surface area (Å²) in [6.45, 7) is 5.95. The minimum Gasteiger partial charge on any atom is -0.328 e. The number of Topliss-reactive ketones (excluding diaryl/α,β-unsaturated/α-hetero) is 1. The highest BCUT2D eigenvalue weighted by Crippen LogP contribution is 2.31. The fraction of sp³-hybridized carbons (Fsp3) is 0.286. The SMILES string of the molecule is CCn1ccc(=O)nc1SCC(=O)c1cc(C)n(-c2cccc(C(F)(F)F)c2)c1C. The summed E-state index contributed by atoms with van der Waals surface area (Å²) >= 11 is 1.16. The Hall–Kier alpha value is -2.81. The largest absolute Gasteiger partial charge is 0.416 e. The van der Waals surface area contributed by atoms with E-state index in [-0.39, 0.29) is 17.1 Å². The molecule has 1 aromatic carbocycles. The van der Waals surface area contributed by atoms with Gasteiger partial charge in [-0.2, -0.15) is 18.2 Å². The van der Waals surface area contributed by atoms with Gasteiger partial charge in [0, 0.05) is 41.4 Å². The molecule has 0 spiro atoms. The van der Waals surface area contributed by atoms with E-state index in [1.807, 2.05) is 6.92 Å². The zero-order valence-corrected chi connectivity index (χ0v) is 17.5. The fourth-order valence-corrected chi connectivity index (χ4v) is 4.17. The fourth-order valence-electron chi connectivity index (χ4n) is 3.24. The molecule has 3 rings (SSSR count). The van der Waals surface area contributed by atoms with Crippen LogP contribution in [0.1, 0.15) is 34.2 Å². The Morgan fingerprint density at radius 3 is 2.57 bits per heavy atom. The highest BCUT2D eigenvalue weighted by Gasteiger charge is 2.30. The van der Waals surface area contributed by atoms with Crippen LogP contribution >= 0.6 is 11.8 Å². The van der Waals surface area contributed by atoms with E-state index < -0.39 is 11.7 Å². The predicted molar refractivity (Wildman–Crippen MR) is 109 cm³/mol. The number of hydrogen-bond donors (Lipinski definition) is 0. The van der Waals surface area contributed by atoms with Gasteiger partial charge in [-0.1, -0.05) is 17.8 Å². The van der Waals surface area contributed by atoms with Gasteiger partial charge in [-0.05, 0) is 45.0 Å². The van der Waals surface area contributed by atoms with Crippen molar-refractivity contribution in [3.63, 3.8) is 0 Å². The van der Waals surface area contributed by atoms with Gasteiger partial charge in [-0.15, -0.1) is 0 Å². The molecular weight excluding hydrogens is 415 g/mol. The minimum absolute atomic E-state index is 0.0589. The molecule has 0 radical (unpaired) electrons. The van der Waals surface area contributed by atoms with Crippen LogP contribution in [-0.4, -0.2) is 25.7 Å². The number of halogens is 3. The van der Waals surface area contributed by atoms with Crippen molar-refractivity contribution in [2.24, 2.45) is 0 Å². The van der Waals surface area contributed by atoms with Crippen LogP contribution in [0.25, 0.3) is 5.69 Å². The lowest BCUT2D eigenvalue weighted by Gasteiger charge is -2.13. The smallest absolute Gasteiger partial charge is 0.328 e. The molecular formula is C21H20F3N3O2S. The van der Waals surface area contributed by atoms with Gasteiger partial charge in [0.2, 0.25) is 0 Å². The molecule has 0 saturated carbocycles. The quantitative estimate of drug-likeness (QED) is 0.321. The molecule has 30 heavy (non-hydrogen) atoms. The maximum absolute atomic E-state index is 13.1. The maximum Gasteiger partial charge on any atom is 0.416 e. The van der Waals surface area contributed by atoms with Crippen molar-refractivity contribution in [1.29, 1.82) is 0 Å². The second-order valence-corrected chi connectivity index (χ2v) is 7.66. The molecule has 0 aliphatic heterocycles. The average Bonchev–Trinajstić information content (AvgIpc) is 3.00. The Kier molecular flexibility index (Phi) is 6.21. The van der Waals surface area contributed by atoms with E-state index in [1.165, 1.54) is 12.1 Å². The van der Waals surface area contributed by atoms with Gasteiger partial charge in [0.15, 0.2) is 10.9 Å². The van der Waals surface area contributed by atoms with Crippen LogP contribution in [0.5, 0.6) is 0 Å². The lowest BCUT2D eigenvalue weighted by molar-refractivity contribution is -0.137. The Morgan fingerprint density at radius 2 is 1.90 bits per heavy atom. The number of aromatic nitrogens is 3. The third-order valence-corrected chi connectivity index (χ3v) is 5.68. The van der Waals surface area contributed by atoms with Crippen molar-refractivity contribution in [3.05, 3.63) is 75.5 Å². The van der Waals surface area contributed by atoms with Gasteiger partial charge in [0.1, 0.15) is 0 Å². The first-order valence-electron chi connectivity index (χ1n) is 9.22. The van der Waals surface area contributed by atoms with Crippen LogP contribution in [0.15, 0.2) is 52.5 Å². The molecule has 5 nitrogen and oxygen atoms in total. The van der Waals surface area contributed by atoms with Gasteiger partial charge < -0.3 is 9.13 Å². The molecule has 2 aromatic heterocycles. The Labute approximate surface area is 175 Å². The summed E-state index contributed by atoms with van der Waals surface area (Å²) in [6, 6.07) is 8.03. The van der Waals surface area contributed by atoms with Crippen LogP contribution in [0, 0.1) is 13.8 Å². The number of carbonyl (C=O) groups excluding carboxylic acids is 1. The summed E-state index contributed by atoms with van der Waals surface area (Å²) in [5.74, 6) is -0.129. The molecule has 0 unspecified atom stereocenters.